The minimum atomic E-state index is 0.201. The van der Waals surface area contributed by atoms with Gasteiger partial charge in [-0.15, -0.1) is 0 Å². The number of nitrogens with zero attached hydrogens (tertiary/aromatic N) is 2. The van der Waals surface area contributed by atoms with E-state index in [-0.39, 0.29) is 6.01 Å². The molecule has 5 nitrogen and oxygen atoms in total. The van der Waals surface area contributed by atoms with Gasteiger partial charge in [-0.1, -0.05) is 12.1 Å². The molecule has 1 aromatic heterocycles. The second kappa shape index (κ2) is 6.38. The molecule has 0 aliphatic rings. The van der Waals surface area contributed by atoms with Crippen molar-refractivity contribution in [3.05, 3.63) is 34.9 Å². The van der Waals surface area contributed by atoms with E-state index in [1.807, 2.05) is 25.1 Å². The van der Waals surface area contributed by atoms with Gasteiger partial charge in [0.2, 0.25) is 5.88 Å². The summed E-state index contributed by atoms with van der Waals surface area (Å²) >= 11 is 3.29. The van der Waals surface area contributed by atoms with Crippen molar-refractivity contribution in [1.82, 2.24) is 9.97 Å². The van der Waals surface area contributed by atoms with Crippen molar-refractivity contribution in [3.63, 3.8) is 0 Å². The number of hydrogen-bond acceptors (Lipinski definition) is 5. The SMILES string of the molecule is CCOc1ccccc1Oc1ncc(Br)c(OC)n1. The van der Waals surface area contributed by atoms with Gasteiger partial charge < -0.3 is 14.2 Å². The number of ether oxygens (including phenoxy) is 3. The van der Waals surface area contributed by atoms with E-state index < -0.39 is 0 Å². The predicted octanol–water partition coefficient (Wildman–Crippen LogP) is 3.44. The van der Waals surface area contributed by atoms with Gasteiger partial charge in [-0.3, -0.25) is 0 Å². The van der Waals surface area contributed by atoms with E-state index in [1.165, 1.54) is 7.11 Å². The van der Waals surface area contributed by atoms with Crippen molar-refractivity contribution < 1.29 is 14.2 Å². The highest BCUT2D eigenvalue weighted by atomic mass is 79.9. The van der Waals surface area contributed by atoms with Crippen LogP contribution < -0.4 is 14.2 Å². The molecule has 0 unspecified atom stereocenters. The number of methoxy groups -OCH3 is 1. The monoisotopic (exact) mass is 324 g/mol. The van der Waals surface area contributed by atoms with Gasteiger partial charge in [0.15, 0.2) is 11.5 Å². The Kier molecular flexibility index (Phi) is 4.57. The molecule has 1 aromatic carbocycles. The van der Waals surface area contributed by atoms with Crippen LogP contribution in [0.1, 0.15) is 6.92 Å². The summed E-state index contributed by atoms with van der Waals surface area (Å²) in [6, 6.07) is 7.55. The molecule has 19 heavy (non-hydrogen) atoms. The first-order chi connectivity index (χ1) is 9.24. The van der Waals surface area contributed by atoms with Crippen LogP contribution in [0.15, 0.2) is 34.9 Å². The van der Waals surface area contributed by atoms with Crippen LogP contribution in [0, 0.1) is 0 Å². The van der Waals surface area contributed by atoms with Gasteiger partial charge in [-0.05, 0) is 35.0 Å². The molecule has 100 valence electrons. The van der Waals surface area contributed by atoms with Gasteiger partial charge in [-0.2, -0.15) is 4.98 Å². The molecule has 0 saturated heterocycles. The van der Waals surface area contributed by atoms with Gasteiger partial charge in [0.25, 0.3) is 0 Å². The Morgan fingerprint density at radius 3 is 2.63 bits per heavy atom. The fourth-order valence-electron chi connectivity index (χ4n) is 1.44. The van der Waals surface area contributed by atoms with Crippen LogP contribution in [0.4, 0.5) is 0 Å². The largest absolute Gasteiger partial charge is 0.490 e. The van der Waals surface area contributed by atoms with Crippen LogP contribution in [0.3, 0.4) is 0 Å². The fourth-order valence-corrected chi connectivity index (χ4v) is 1.79. The molecule has 0 bridgehead atoms. The number of hydrogen-bond donors (Lipinski definition) is 0. The van der Waals surface area contributed by atoms with Crippen molar-refractivity contribution in [2.45, 2.75) is 6.92 Å². The summed E-state index contributed by atoms with van der Waals surface area (Å²) in [5.41, 5.74) is 0. The molecule has 0 N–H and O–H groups in total. The summed E-state index contributed by atoms with van der Waals surface area (Å²) in [7, 11) is 1.53. The number of benzene rings is 1. The Balaban J connectivity index is 2.26. The molecule has 1 heterocycles. The maximum Gasteiger partial charge on any atom is 0.325 e. The summed E-state index contributed by atoms with van der Waals surface area (Å²) in [6.45, 7) is 2.47. The minimum absolute atomic E-state index is 0.201. The van der Waals surface area contributed by atoms with E-state index >= 15 is 0 Å². The van der Waals surface area contributed by atoms with Crippen LogP contribution in [-0.2, 0) is 0 Å². The molecule has 0 aliphatic carbocycles. The summed E-state index contributed by atoms with van der Waals surface area (Å²) in [5.74, 6) is 1.63. The smallest absolute Gasteiger partial charge is 0.325 e. The average molecular weight is 325 g/mol. The van der Waals surface area contributed by atoms with Crippen molar-refractivity contribution in [2.24, 2.45) is 0 Å². The van der Waals surface area contributed by atoms with Crippen molar-refractivity contribution in [3.8, 4) is 23.4 Å². The molecule has 0 spiro atoms. The highest BCUT2D eigenvalue weighted by Crippen LogP contribution is 2.31. The number of rotatable bonds is 5. The van der Waals surface area contributed by atoms with Crippen LogP contribution in [0.25, 0.3) is 0 Å². The Bertz CT molecular complexity index is 563. The van der Waals surface area contributed by atoms with Crippen LogP contribution >= 0.6 is 15.9 Å². The maximum atomic E-state index is 5.61. The number of halogens is 1. The number of aromatic nitrogens is 2. The Morgan fingerprint density at radius 2 is 1.95 bits per heavy atom. The molecule has 0 fully saturated rings. The zero-order chi connectivity index (χ0) is 13.7. The highest BCUT2D eigenvalue weighted by Gasteiger charge is 2.10. The van der Waals surface area contributed by atoms with E-state index in [4.69, 9.17) is 14.2 Å². The van der Waals surface area contributed by atoms with Gasteiger partial charge >= 0.3 is 6.01 Å². The molecule has 2 rings (SSSR count). The lowest BCUT2D eigenvalue weighted by Crippen LogP contribution is -1.98. The molecule has 0 atom stereocenters. The normalized spacial score (nSPS) is 10.1. The minimum Gasteiger partial charge on any atom is -0.490 e. The van der Waals surface area contributed by atoms with Crippen LogP contribution in [0.2, 0.25) is 0 Å². The van der Waals surface area contributed by atoms with E-state index in [1.54, 1.807) is 12.3 Å². The lowest BCUT2D eigenvalue weighted by Gasteiger charge is -2.10. The molecule has 0 saturated carbocycles. The predicted molar refractivity (Wildman–Crippen MR) is 74.0 cm³/mol. The first kappa shape index (κ1) is 13.6. The molecular formula is C13H13BrN2O3. The first-order valence-electron chi connectivity index (χ1n) is 5.70. The Morgan fingerprint density at radius 1 is 1.21 bits per heavy atom. The zero-order valence-electron chi connectivity index (χ0n) is 10.6. The third-order valence-electron chi connectivity index (χ3n) is 2.23. The third kappa shape index (κ3) is 3.35. The molecule has 0 aliphatic heterocycles. The lowest BCUT2D eigenvalue weighted by atomic mass is 10.3. The topological polar surface area (TPSA) is 53.5 Å². The van der Waals surface area contributed by atoms with Gasteiger partial charge in [0.05, 0.1) is 24.4 Å². The zero-order valence-corrected chi connectivity index (χ0v) is 12.2. The van der Waals surface area contributed by atoms with Gasteiger partial charge in [0, 0.05) is 0 Å². The van der Waals surface area contributed by atoms with E-state index in [9.17, 15) is 0 Å². The number of para-hydroxylation sites is 2. The summed E-state index contributed by atoms with van der Waals surface area (Å²) in [6.07, 6.45) is 1.57. The first-order valence-corrected chi connectivity index (χ1v) is 6.50. The van der Waals surface area contributed by atoms with Crippen LogP contribution in [-0.4, -0.2) is 23.7 Å². The Hall–Kier alpha value is -1.82. The fraction of sp³-hybridized carbons (Fsp3) is 0.231. The molecule has 0 radical (unpaired) electrons. The van der Waals surface area contributed by atoms with E-state index in [0.717, 1.165) is 0 Å². The molecule has 0 amide bonds. The second-order valence-corrected chi connectivity index (χ2v) is 4.35. The quantitative estimate of drug-likeness (QED) is 0.843. The van der Waals surface area contributed by atoms with Gasteiger partial charge in [-0.25, -0.2) is 4.98 Å². The van der Waals surface area contributed by atoms with Crippen molar-refractivity contribution >= 4 is 15.9 Å². The standard InChI is InChI=1S/C13H13BrN2O3/c1-3-18-10-6-4-5-7-11(10)19-13-15-8-9(14)12(16-13)17-2/h4-8H,3H2,1-2H3. The Labute approximate surface area is 119 Å². The summed E-state index contributed by atoms with van der Waals surface area (Å²) < 4.78 is 16.8. The molecule has 2 aromatic rings. The second-order valence-electron chi connectivity index (χ2n) is 3.49. The lowest BCUT2D eigenvalue weighted by molar-refractivity contribution is 0.314. The molecular weight excluding hydrogens is 312 g/mol. The van der Waals surface area contributed by atoms with Crippen molar-refractivity contribution in [1.29, 1.82) is 0 Å². The maximum absolute atomic E-state index is 5.61. The highest BCUT2D eigenvalue weighted by molar-refractivity contribution is 9.10. The average Bonchev–Trinajstić information content (AvgIpc) is 2.43. The summed E-state index contributed by atoms with van der Waals surface area (Å²) in [5, 5.41) is 0. The third-order valence-corrected chi connectivity index (χ3v) is 2.78. The van der Waals surface area contributed by atoms with E-state index in [0.29, 0.717) is 28.5 Å². The summed E-state index contributed by atoms with van der Waals surface area (Å²) in [4.78, 5) is 8.20. The van der Waals surface area contributed by atoms with Crippen LogP contribution in [0.5, 0.6) is 23.4 Å². The van der Waals surface area contributed by atoms with Crippen molar-refractivity contribution in [2.75, 3.05) is 13.7 Å². The van der Waals surface area contributed by atoms with Gasteiger partial charge in [0.1, 0.15) is 0 Å². The molecule has 6 heteroatoms. The van der Waals surface area contributed by atoms with E-state index in [2.05, 4.69) is 25.9 Å².